The molecular weight excluding hydrogens is 300 g/mol. The minimum Gasteiger partial charge on any atom is -0.298 e. The van der Waals surface area contributed by atoms with Crippen LogP contribution in [0.1, 0.15) is 40.8 Å². The Morgan fingerprint density at radius 3 is 2.88 bits per heavy atom. The number of hydrogen-bond acceptors (Lipinski definition) is 5. The summed E-state index contributed by atoms with van der Waals surface area (Å²) in [5.74, 6) is 1.39. The smallest absolute Gasteiger partial charge is 0.159 e. The highest BCUT2D eigenvalue weighted by Gasteiger charge is 2.26. The van der Waals surface area contributed by atoms with Crippen molar-refractivity contribution >= 4 is 5.65 Å². The van der Waals surface area contributed by atoms with E-state index in [-0.39, 0.29) is 0 Å². The lowest BCUT2D eigenvalue weighted by atomic mass is 10.1. The number of hydrogen-bond donors (Lipinski definition) is 0. The van der Waals surface area contributed by atoms with E-state index in [1.807, 2.05) is 36.8 Å². The van der Waals surface area contributed by atoms with Crippen molar-refractivity contribution in [3.63, 3.8) is 0 Å². The summed E-state index contributed by atoms with van der Waals surface area (Å²) in [6.07, 6.45) is 4.92. The van der Waals surface area contributed by atoms with Crippen LogP contribution in [-0.2, 0) is 6.54 Å². The van der Waals surface area contributed by atoms with Crippen LogP contribution in [0, 0.1) is 20.8 Å². The molecule has 0 N–H and O–H groups in total. The molecular formula is C18H22N6. The maximum absolute atomic E-state index is 4.68. The minimum absolute atomic E-state index is 0.420. The van der Waals surface area contributed by atoms with Gasteiger partial charge >= 0.3 is 0 Å². The van der Waals surface area contributed by atoms with Crippen LogP contribution in [0.15, 0.2) is 24.5 Å². The Morgan fingerprint density at radius 1 is 1.17 bits per heavy atom. The first-order chi connectivity index (χ1) is 11.6. The van der Waals surface area contributed by atoms with Gasteiger partial charge in [-0.25, -0.2) is 19.5 Å². The molecule has 1 aliphatic rings. The molecule has 0 aliphatic carbocycles. The Hall–Kier alpha value is -2.34. The molecule has 1 atom stereocenters. The molecule has 0 aromatic carbocycles. The van der Waals surface area contributed by atoms with Crippen molar-refractivity contribution in [2.24, 2.45) is 0 Å². The molecule has 0 radical (unpaired) electrons. The van der Waals surface area contributed by atoms with E-state index in [4.69, 9.17) is 0 Å². The fraction of sp³-hybridized carbons (Fsp3) is 0.444. The van der Waals surface area contributed by atoms with Gasteiger partial charge in [-0.1, -0.05) is 0 Å². The van der Waals surface area contributed by atoms with Crippen LogP contribution in [0.4, 0.5) is 0 Å². The first-order valence-corrected chi connectivity index (χ1v) is 8.43. The molecule has 0 saturated carbocycles. The van der Waals surface area contributed by atoms with Gasteiger partial charge < -0.3 is 0 Å². The van der Waals surface area contributed by atoms with Crippen LogP contribution in [0.25, 0.3) is 5.65 Å². The Morgan fingerprint density at radius 2 is 2.04 bits per heavy atom. The summed E-state index contributed by atoms with van der Waals surface area (Å²) < 4.78 is 1.93. The molecule has 24 heavy (non-hydrogen) atoms. The number of aromatic nitrogens is 5. The first kappa shape index (κ1) is 15.2. The highest BCUT2D eigenvalue weighted by atomic mass is 15.3. The number of rotatable bonds is 3. The zero-order valence-corrected chi connectivity index (χ0v) is 14.4. The van der Waals surface area contributed by atoms with Gasteiger partial charge in [0.05, 0.1) is 6.20 Å². The van der Waals surface area contributed by atoms with Gasteiger partial charge in [0, 0.05) is 47.8 Å². The number of aryl methyl sites for hydroxylation is 3. The lowest BCUT2D eigenvalue weighted by Gasteiger charge is -2.15. The predicted octanol–water partition coefficient (Wildman–Crippen LogP) is 2.43. The lowest BCUT2D eigenvalue weighted by molar-refractivity contribution is 0.326. The average molecular weight is 322 g/mol. The van der Waals surface area contributed by atoms with E-state index in [9.17, 15) is 0 Å². The lowest BCUT2D eigenvalue weighted by Crippen LogP contribution is -2.20. The third-order valence-corrected chi connectivity index (χ3v) is 4.70. The van der Waals surface area contributed by atoms with Crippen LogP contribution < -0.4 is 0 Å². The van der Waals surface area contributed by atoms with Gasteiger partial charge in [0.2, 0.25) is 0 Å². The summed E-state index contributed by atoms with van der Waals surface area (Å²) in [4.78, 5) is 16.2. The molecule has 6 nitrogen and oxygen atoms in total. The molecule has 4 rings (SSSR count). The molecule has 0 amide bonds. The van der Waals surface area contributed by atoms with E-state index in [2.05, 4.69) is 37.9 Å². The van der Waals surface area contributed by atoms with Gasteiger partial charge in [0.25, 0.3) is 0 Å². The van der Waals surface area contributed by atoms with Gasteiger partial charge in [0.15, 0.2) is 5.65 Å². The van der Waals surface area contributed by atoms with Crippen molar-refractivity contribution in [3.05, 3.63) is 53.0 Å². The molecule has 1 fully saturated rings. The number of fused-ring (bicyclic) bond motifs is 1. The third kappa shape index (κ3) is 2.78. The quantitative estimate of drug-likeness (QED) is 0.741. The monoisotopic (exact) mass is 322 g/mol. The summed E-state index contributed by atoms with van der Waals surface area (Å²) in [6, 6.07) is 4.01. The van der Waals surface area contributed by atoms with Crippen LogP contribution >= 0.6 is 0 Å². The number of likely N-dealkylation sites (tertiary alicyclic amines) is 1. The molecule has 124 valence electrons. The summed E-state index contributed by atoms with van der Waals surface area (Å²) in [6.45, 7) is 9.05. The molecule has 4 heterocycles. The van der Waals surface area contributed by atoms with Gasteiger partial charge in [-0.2, -0.15) is 5.10 Å². The number of nitrogens with zero attached hydrogens (tertiary/aromatic N) is 6. The highest BCUT2D eigenvalue weighted by molar-refractivity contribution is 5.47. The molecule has 0 bridgehead atoms. The van der Waals surface area contributed by atoms with E-state index < -0.39 is 0 Å². The summed E-state index contributed by atoms with van der Waals surface area (Å²) in [5.41, 5.74) is 5.36. The summed E-state index contributed by atoms with van der Waals surface area (Å²) in [5, 5.41) is 4.49. The van der Waals surface area contributed by atoms with Gasteiger partial charge in [-0.05, 0) is 45.9 Å². The largest absolute Gasteiger partial charge is 0.298 e. The highest BCUT2D eigenvalue weighted by Crippen LogP contribution is 2.26. The molecule has 6 heteroatoms. The second-order valence-electron chi connectivity index (χ2n) is 6.72. The van der Waals surface area contributed by atoms with Crippen molar-refractivity contribution in [3.8, 4) is 0 Å². The zero-order valence-electron chi connectivity index (χ0n) is 14.4. The van der Waals surface area contributed by atoms with Gasteiger partial charge in [-0.15, -0.1) is 0 Å². The standard InChI is InChI=1S/C18H22N6/c1-12-4-6-19-17(21-12)15-5-7-23(10-15)11-16-9-20-24-14(3)8-13(2)22-18(16)24/h4,6,8-9,15H,5,7,10-11H2,1-3H3/t15-/m0/s1. The molecule has 0 spiro atoms. The Bertz CT molecular complexity index is 884. The van der Waals surface area contributed by atoms with Crippen molar-refractivity contribution in [1.82, 2.24) is 29.5 Å². The van der Waals surface area contributed by atoms with E-state index >= 15 is 0 Å². The average Bonchev–Trinajstić information content (AvgIpc) is 3.16. The fourth-order valence-corrected chi connectivity index (χ4v) is 3.52. The minimum atomic E-state index is 0.420. The predicted molar refractivity (Wildman–Crippen MR) is 91.9 cm³/mol. The fourth-order valence-electron chi connectivity index (χ4n) is 3.52. The summed E-state index contributed by atoms with van der Waals surface area (Å²) >= 11 is 0. The molecule has 0 unspecified atom stereocenters. The van der Waals surface area contributed by atoms with Crippen molar-refractivity contribution < 1.29 is 0 Å². The van der Waals surface area contributed by atoms with Crippen molar-refractivity contribution in [1.29, 1.82) is 0 Å². The van der Waals surface area contributed by atoms with Gasteiger partial charge in [0.1, 0.15) is 5.82 Å². The third-order valence-electron chi connectivity index (χ3n) is 4.70. The van der Waals surface area contributed by atoms with E-state index in [1.165, 1.54) is 5.56 Å². The maximum Gasteiger partial charge on any atom is 0.159 e. The Labute approximate surface area is 141 Å². The second kappa shape index (κ2) is 5.94. The Kier molecular flexibility index (Phi) is 3.76. The van der Waals surface area contributed by atoms with Crippen LogP contribution in [-0.4, -0.2) is 42.6 Å². The van der Waals surface area contributed by atoms with Crippen molar-refractivity contribution in [2.75, 3.05) is 13.1 Å². The van der Waals surface area contributed by atoms with E-state index in [0.29, 0.717) is 5.92 Å². The zero-order chi connectivity index (χ0) is 16.7. The normalized spacial score (nSPS) is 18.5. The van der Waals surface area contributed by atoms with E-state index in [1.54, 1.807) is 0 Å². The van der Waals surface area contributed by atoms with Gasteiger partial charge in [-0.3, -0.25) is 4.90 Å². The Balaban J connectivity index is 1.53. The molecule has 1 saturated heterocycles. The summed E-state index contributed by atoms with van der Waals surface area (Å²) in [7, 11) is 0. The molecule has 3 aromatic heterocycles. The topological polar surface area (TPSA) is 59.2 Å². The molecule has 3 aromatic rings. The van der Waals surface area contributed by atoms with Crippen LogP contribution in [0.5, 0.6) is 0 Å². The van der Waals surface area contributed by atoms with Crippen molar-refractivity contribution in [2.45, 2.75) is 39.7 Å². The second-order valence-corrected chi connectivity index (χ2v) is 6.72. The van der Waals surface area contributed by atoms with Crippen LogP contribution in [0.3, 0.4) is 0 Å². The SMILES string of the molecule is Cc1ccnc([C@H]2CCN(Cc3cnn4c(C)cc(C)nc34)C2)n1. The maximum atomic E-state index is 4.68. The molecule has 1 aliphatic heterocycles. The first-order valence-electron chi connectivity index (χ1n) is 8.43. The van der Waals surface area contributed by atoms with E-state index in [0.717, 1.165) is 54.6 Å². The van der Waals surface area contributed by atoms with Crippen LogP contribution in [0.2, 0.25) is 0 Å².